The summed E-state index contributed by atoms with van der Waals surface area (Å²) < 4.78 is 7.44. The first-order valence-electron chi connectivity index (χ1n) is 6.76. The van der Waals surface area contributed by atoms with E-state index >= 15 is 0 Å². The highest BCUT2D eigenvalue weighted by atomic mass is 16.5. The smallest absolute Gasteiger partial charge is 0.202 e. The molecule has 2 aromatic heterocycles. The molecule has 0 aliphatic carbocycles. The molecule has 0 spiro atoms. The number of fused-ring (bicyclic) bond motifs is 1. The van der Waals surface area contributed by atoms with Gasteiger partial charge in [0.15, 0.2) is 5.82 Å². The van der Waals surface area contributed by atoms with Crippen molar-refractivity contribution in [1.29, 1.82) is 0 Å². The Morgan fingerprint density at radius 3 is 2.85 bits per heavy atom. The van der Waals surface area contributed by atoms with Gasteiger partial charge in [-0.05, 0) is 12.1 Å². The summed E-state index contributed by atoms with van der Waals surface area (Å²) in [5, 5.41) is 7.40. The van der Waals surface area contributed by atoms with Gasteiger partial charge in [0.2, 0.25) is 5.76 Å². The molecule has 0 fully saturated rings. The average Bonchev–Trinajstić information content (AvgIpc) is 3.02. The van der Waals surface area contributed by atoms with E-state index in [9.17, 15) is 0 Å². The lowest BCUT2D eigenvalue weighted by Gasteiger charge is -2.03. The Morgan fingerprint density at radius 2 is 2.10 bits per heavy atom. The predicted octanol–water partition coefficient (Wildman–Crippen LogP) is 2.73. The summed E-state index contributed by atoms with van der Waals surface area (Å²) in [6, 6.07) is 10.4. The lowest BCUT2D eigenvalue weighted by molar-refractivity contribution is 0.414. The first-order chi connectivity index (χ1) is 9.65. The highest BCUT2D eigenvalue weighted by Gasteiger charge is 2.14. The molecule has 0 radical (unpaired) electrons. The van der Waals surface area contributed by atoms with Gasteiger partial charge in [-0.3, -0.25) is 0 Å². The number of aryl methyl sites for hydroxylation is 1. The molecule has 1 N–H and O–H groups in total. The van der Waals surface area contributed by atoms with E-state index in [0.29, 0.717) is 18.3 Å². The molecule has 0 atom stereocenters. The summed E-state index contributed by atoms with van der Waals surface area (Å²) >= 11 is 0. The zero-order valence-corrected chi connectivity index (χ0v) is 11.9. The van der Waals surface area contributed by atoms with Crippen molar-refractivity contribution in [3.63, 3.8) is 0 Å². The number of nitrogens with one attached hydrogen (secondary N) is 1. The van der Waals surface area contributed by atoms with Gasteiger partial charge in [0.25, 0.3) is 0 Å². The second-order valence-corrected chi connectivity index (χ2v) is 5.20. The van der Waals surface area contributed by atoms with Crippen molar-refractivity contribution in [1.82, 2.24) is 20.0 Å². The number of aromatic nitrogens is 3. The summed E-state index contributed by atoms with van der Waals surface area (Å²) in [4.78, 5) is 4.60. The van der Waals surface area contributed by atoms with Crippen LogP contribution in [0.15, 0.2) is 34.9 Å². The van der Waals surface area contributed by atoms with Gasteiger partial charge in [0, 0.05) is 25.7 Å². The minimum absolute atomic E-state index is 0.422. The Morgan fingerprint density at radius 1 is 1.30 bits per heavy atom. The van der Waals surface area contributed by atoms with Crippen LogP contribution in [0.3, 0.4) is 0 Å². The molecule has 0 amide bonds. The highest BCUT2D eigenvalue weighted by molar-refractivity contribution is 5.79. The normalized spacial score (nSPS) is 11.6. The first-order valence-corrected chi connectivity index (χ1v) is 6.76. The number of imidazole rings is 1. The van der Waals surface area contributed by atoms with Crippen molar-refractivity contribution in [2.75, 3.05) is 0 Å². The van der Waals surface area contributed by atoms with Crippen LogP contribution >= 0.6 is 0 Å². The van der Waals surface area contributed by atoms with Crippen LogP contribution in [0, 0.1) is 0 Å². The molecule has 0 aliphatic rings. The van der Waals surface area contributed by atoms with Gasteiger partial charge < -0.3 is 14.4 Å². The maximum atomic E-state index is 5.42. The summed E-state index contributed by atoms with van der Waals surface area (Å²) in [6.07, 6.45) is 0. The summed E-state index contributed by atoms with van der Waals surface area (Å²) in [6.45, 7) is 4.91. The molecule has 5 nitrogen and oxygen atoms in total. The fraction of sp³-hybridized carbons (Fsp3) is 0.333. The molecule has 1 aromatic carbocycles. The first kappa shape index (κ1) is 12.9. The number of rotatable bonds is 4. The fourth-order valence-electron chi connectivity index (χ4n) is 2.18. The van der Waals surface area contributed by atoms with E-state index in [1.165, 1.54) is 0 Å². The summed E-state index contributed by atoms with van der Waals surface area (Å²) in [5.41, 5.74) is 2.93. The van der Waals surface area contributed by atoms with Crippen molar-refractivity contribution >= 4 is 11.0 Å². The highest BCUT2D eigenvalue weighted by Crippen LogP contribution is 2.24. The molecular weight excluding hydrogens is 252 g/mol. The lowest BCUT2D eigenvalue weighted by Crippen LogP contribution is -2.21. The van der Waals surface area contributed by atoms with E-state index in [1.54, 1.807) is 0 Å². The Bertz CT molecular complexity index is 726. The van der Waals surface area contributed by atoms with Crippen molar-refractivity contribution in [2.24, 2.45) is 7.05 Å². The number of hydrogen-bond acceptors (Lipinski definition) is 4. The maximum absolute atomic E-state index is 5.42. The van der Waals surface area contributed by atoms with Crippen LogP contribution in [0.5, 0.6) is 0 Å². The minimum Gasteiger partial charge on any atom is -0.353 e. The van der Waals surface area contributed by atoms with Gasteiger partial charge in [-0.2, -0.15) is 0 Å². The van der Waals surface area contributed by atoms with E-state index < -0.39 is 0 Å². The van der Waals surface area contributed by atoms with Crippen molar-refractivity contribution < 1.29 is 4.52 Å². The Hall–Kier alpha value is -2.14. The van der Waals surface area contributed by atoms with Crippen LogP contribution in [-0.4, -0.2) is 20.7 Å². The Balaban J connectivity index is 1.93. The van der Waals surface area contributed by atoms with Crippen molar-refractivity contribution in [2.45, 2.75) is 26.4 Å². The third kappa shape index (κ3) is 2.32. The van der Waals surface area contributed by atoms with Gasteiger partial charge in [0.05, 0.1) is 16.7 Å². The third-order valence-electron chi connectivity index (χ3n) is 3.26. The monoisotopic (exact) mass is 270 g/mol. The number of hydrogen-bond donors (Lipinski definition) is 1. The number of para-hydroxylation sites is 2. The van der Waals surface area contributed by atoms with Gasteiger partial charge >= 0.3 is 0 Å². The maximum Gasteiger partial charge on any atom is 0.202 e. The standard InChI is InChI=1S/C15H18N4O/c1-10(2)16-9-11-8-14(20-18-11)15-17-12-6-4-5-7-13(12)19(15)3/h4-8,10,16H,9H2,1-3H3. The zero-order valence-electron chi connectivity index (χ0n) is 11.9. The van der Waals surface area contributed by atoms with Crippen LogP contribution in [0.1, 0.15) is 19.5 Å². The van der Waals surface area contributed by atoms with Gasteiger partial charge in [-0.25, -0.2) is 4.98 Å². The molecule has 20 heavy (non-hydrogen) atoms. The molecule has 104 valence electrons. The second kappa shape index (κ2) is 5.09. The fourth-order valence-corrected chi connectivity index (χ4v) is 2.18. The van der Waals surface area contributed by atoms with Crippen molar-refractivity contribution in [3.05, 3.63) is 36.0 Å². The molecule has 0 saturated heterocycles. The molecule has 5 heteroatoms. The molecule has 0 bridgehead atoms. The summed E-state index contributed by atoms with van der Waals surface area (Å²) in [7, 11) is 1.99. The molecule has 0 saturated carbocycles. The number of benzene rings is 1. The Labute approximate surface area is 117 Å². The molecular formula is C15H18N4O. The molecule has 0 unspecified atom stereocenters. The predicted molar refractivity (Wildman–Crippen MR) is 78.2 cm³/mol. The minimum atomic E-state index is 0.422. The van der Waals surface area contributed by atoms with Gasteiger partial charge in [-0.15, -0.1) is 0 Å². The molecule has 2 heterocycles. The van der Waals surface area contributed by atoms with Crippen LogP contribution in [0.4, 0.5) is 0 Å². The SMILES string of the molecule is CC(C)NCc1cc(-c2nc3ccccc3n2C)on1. The van der Waals surface area contributed by atoms with E-state index in [2.05, 4.69) is 29.3 Å². The quantitative estimate of drug-likeness (QED) is 0.792. The van der Waals surface area contributed by atoms with Gasteiger partial charge in [-0.1, -0.05) is 31.1 Å². The van der Waals surface area contributed by atoms with Crippen molar-refractivity contribution in [3.8, 4) is 11.6 Å². The topological polar surface area (TPSA) is 55.9 Å². The van der Waals surface area contributed by atoms with E-state index in [-0.39, 0.29) is 0 Å². The largest absolute Gasteiger partial charge is 0.353 e. The molecule has 3 rings (SSSR count). The molecule has 0 aliphatic heterocycles. The zero-order chi connectivity index (χ0) is 14.1. The van der Waals surface area contributed by atoms with E-state index in [0.717, 1.165) is 22.6 Å². The average molecular weight is 270 g/mol. The molecule has 3 aromatic rings. The number of nitrogens with zero attached hydrogens (tertiary/aromatic N) is 3. The Kier molecular flexibility index (Phi) is 3.28. The lowest BCUT2D eigenvalue weighted by atomic mass is 10.3. The van der Waals surface area contributed by atoms with Crippen LogP contribution in [0.2, 0.25) is 0 Å². The summed E-state index contributed by atoms with van der Waals surface area (Å²) in [5.74, 6) is 1.50. The van der Waals surface area contributed by atoms with Gasteiger partial charge in [0.1, 0.15) is 0 Å². The van der Waals surface area contributed by atoms with Crippen LogP contribution in [0.25, 0.3) is 22.6 Å². The van der Waals surface area contributed by atoms with Crippen LogP contribution < -0.4 is 5.32 Å². The van der Waals surface area contributed by atoms with Crippen LogP contribution in [-0.2, 0) is 13.6 Å². The second-order valence-electron chi connectivity index (χ2n) is 5.20. The van der Waals surface area contributed by atoms with E-state index in [4.69, 9.17) is 4.52 Å². The van der Waals surface area contributed by atoms with E-state index in [1.807, 2.05) is 41.9 Å². The third-order valence-corrected chi connectivity index (χ3v) is 3.26.